The molecule has 0 unspecified atom stereocenters. The smallest absolute Gasteiger partial charge is 0.224 e. The second-order valence-electron chi connectivity index (χ2n) is 5.59. The molecule has 1 N–H and O–H groups in total. The molecule has 0 saturated heterocycles. The van der Waals surface area contributed by atoms with Crippen molar-refractivity contribution in [3.05, 3.63) is 46.5 Å². The number of nitrogens with zero attached hydrogens (tertiary/aromatic N) is 1. The van der Waals surface area contributed by atoms with Gasteiger partial charge in [0, 0.05) is 17.8 Å². The molecule has 2 aromatic heterocycles. The van der Waals surface area contributed by atoms with E-state index >= 15 is 0 Å². The van der Waals surface area contributed by atoms with Crippen molar-refractivity contribution in [1.82, 2.24) is 9.97 Å². The normalized spacial score (nSPS) is 10.8. The lowest BCUT2D eigenvalue weighted by Gasteiger charge is -2.12. The van der Waals surface area contributed by atoms with E-state index in [0.29, 0.717) is 29.3 Å². The van der Waals surface area contributed by atoms with Crippen molar-refractivity contribution in [2.45, 2.75) is 13.3 Å². The summed E-state index contributed by atoms with van der Waals surface area (Å²) in [5, 5.41) is -0.0611. The van der Waals surface area contributed by atoms with E-state index in [9.17, 15) is 9.18 Å². The summed E-state index contributed by atoms with van der Waals surface area (Å²) >= 11 is 0. The molecule has 136 valence electrons. The molecule has 7 heteroatoms. The third kappa shape index (κ3) is 3.08. The molecule has 0 saturated carbocycles. The van der Waals surface area contributed by atoms with E-state index in [1.165, 1.54) is 32.5 Å². The van der Waals surface area contributed by atoms with Gasteiger partial charge in [0.1, 0.15) is 11.6 Å². The molecule has 1 aromatic carbocycles. The van der Waals surface area contributed by atoms with E-state index < -0.39 is 11.2 Å². The zero-order valence-corrected chi connectivity index (χ0v) is 14.8. The van der Waals surface area contributed by atoms with Crippen LogP contribution in [0.4, 0.5) is 4.39 Å². The second-order valence-corrected chi connectivity index (χ2v) is 5.59. The number of nitrogens with one attached hydrogen (secondary N) is 1. The summed E-state index contributed by atoms with van der Waals surface area (Å²) in [5.41, 5.74) is 0.544. The maximum absolute atomic E-state index is 14.4. The minimum Gasteiger partial charge on any atom is -0.491 e. The summed E-state index contributed by atoms with van der Waals surface area (Å²) in [6.45, 7) is 2.44. The van der Waals surface area contributed by atoms with Crippen LogP contribution in [0.15, 0.2) is 35.3 Å². The van der Waals surface area contributed by atoms with Crippen LogP contribution in [0.1, 0.15) is 13.3 Å². The number of halogens is 1. The fourth-order valence-electron chi connectivity index (χ4n) is 2.70. The van der Waals surface area contributed by atoms with Gasteiger partial charge in [0.2, 0.25) is 11.8 Å². The Morgan fingerprint density at radius 2 is 1.92 bits per heavy atom. The SMILES string of the molecule is CCCOc1ccc(F)c2c(=O)c(-c3ccc(OC)nc3OC)c[nH]c12. The number of ether oxygens (including phenoxy) is 3. The molecular weight excluding hydrogens is 339 g/mol. The van der Waals surface area contributed by atoms with E-state index in [0.717, 1.165) is 6.42 Å². The largest absolute Gasteiger partial charge is 0.491 e. The third-order valence-corrected chi connectivity index (χ3v) is 3.94. The van der Waals surface area contributed by atoms with E-state index in [1.807, 2.05) is 6.92 Å². The molecule has 0 aliphatic carbocycles. The predicted octanol–water partition coefficient (Wildman–Crippen LogP) is 3.54. The average Bonchev–Trinajstić information content (AvgIpc) is 2.67. The molecule has 26 heavy (non-hydrogen) atoms. The number of fused-ring (bicyclic) bond motifs is 1. The number of pyridine rings is 2. The Balaban J connectivity index is 2.22. The first kappa shape index (κ1) is 17.7. The topological polar surface area (TPSA) is 73.4 Å². The molecule has 0 aliphatic rings. The quantitative estimate of drug-likeness (QED) is 0.730. The molecule has 0 amide bonds. The first-order valence-electron chi connectivity index (χ1n) is 8.16. The van der Waals surface area contributed by atoms with Crippen molar-refractivity contribution in [2.75, 3.05) is 20.8 Å². The average molecular weight is 358 g/mol. The molecule has 0 spiro atoms. The van der Waals surface area contributed by atoms with Gasteiger partial charge in [0.25, 0.3) is 0 Å². The van der Waals surface area contributed by atoms with Crippen molar-refractivity contribution >= 4 is 10.9 Å². The maximum atomic E-state index is 14.4. The Bertz CT molecular complexity index is 1000. The highest BCUT2D eigenvalue weighted by molar-refractivity contribution is 5.89. The highest BCUT2D eigenvalue weighted by Crippen LogP contribution is 2.31. The zero-order chi connectivity index (χ0) is 18.7. The van der Waals surface area contributed by atoms with Gasteiger partial charge in [0.05, 0.1) is 37.3 Å². The van der Waals surface area contributed by atoms with Crippen molar-refractivity contribution < 1.29 is 18.6 Å². The number of hydrogen-bond acceptors (Lipinski definition) is 5. The lowest BCUT2D eigenvalue weighted by atomic mass is 10.0. The Morgan fingerprint density at radius 3 is 2.62 bits per heavy atom. The molecule has 0 bridgehead atoms. The Labute approximate surface area is 149 Å². The third-order valence-electron chi connectivity index (χ3n) is 3.94. The van der Waals surface area contributed by atoms with Crippen LogP contribution in [-0.4, -0.2) is 30.8 Å². The fraction of sp³-hybridized carbons (Fsp3) is 0.263. The molecule has 0 aliphatic heterocycles. The van der Waals surface area contributed by atoms with Crippen LogP contribution in [0.5, 0.6) is 17.5 Å². The zero-order valence-electron chi connectivity index (χ0n) is 14.8. The number of rotatable bonds is 6. The lowest BCUT2D eigenvalue weighted by Crippen LogP contribution is -2.10. The van der Waals surface area contributed by atoms with Crippen LogP contribution in [0.2, 0.25) is 0 Å². The van der Waals surface area contributed by atoms with Crippen LogP contribution >= 0.6 is 0 Å². The Hall–Kier alpha value is -3.09. The van der Waals surface area contributed by atoms with Crippen molar-refractivity contribution in [3.8, 4) is 28.6 Å². The second kappa shape index (κ2) is 7.43. The highest BCUT2D eigenvalue weighted by Gasteiger charge is 2.18. The number of hydrogen-bond donors (Lipinski definition) is 1. The summed E-state index contributed by atoms with van der Waals surface area (Å²) in [6.07, 6.45) is 2.31. The molecule has 3 rings (SSSR count). The molecule has 0 fully saturated rings. The fourth-order valence-corrected chi connectivity index (χ4v) is 2.70. The number of aromatic nitrogens is 2. The van der Waals surface area contributed by atoms with Crippen LogP contribution in [-0.2, 0) is 0 Å². The monoisotopic (exact) mass is 358 g/mol. The summed E-state index contributed by atoms with van der Waals surface area (Å²) in [5.74, 6) is 0.386. The minimum absolute atomic E-state index is 0.0611. The van der Waals surface area contributed by atoms with Crippen LogP contribution in [0.3, 0.4) is 0 Å². The summed E-state index contributed by atoms with van der Waals surface area (Å²) in [7, 11) is 2.93. The van der Waals surface area contributed by atoms with E-state index in [-0.39, 0.29) is 16.8 Å². The van der Waals surface area contributed by atoms with E-state index in [4.69, 9.17) is 14.2 Å². The van der Waals surface area contributed by atoms with Gasteiger partial charge in [-0.05, 0) is 24.6 Å². The van der Waals surface area contributed by atoms with Gasteiger partial charge in [-0.1, -0.05) is 6.92 Å². The van der Waals surface area contributed by atoms with Crippen LogP contribution in [0, 0.1) is 5.82 Å². The van der Waals surface area contributed by atoms with Crippen LogP contribution in [0.25, 0.3) is 22.0 Å². The van der Waals surface area contributed by atoms with Crippen molar-refractivity contribution in [3.63, 3.8) is 0 Å². The maximum Gasteiger partial charge on any atom is 0.224 e. The van der Waals surface area contributed by atoms with Gasteiger partial charge in [-0.3, -0.25) is 4.79 Å². The standard InChI is InChI=1S/C19H19FN2O4/c1-4-9-26-14-7-6-13(20)16-17(14)21-10-12(18(16)23)11-5-8-15(24-2)22-19(11)25-3/h5-8,10H,4,9H2,1-3H3,(H,21,23). The van der Waals surface area contributed by atoms with Gasteiger partial charge in [0.15, 0.2) is 5.43 Å². The van der Waals surface area contributed by atoms with Gasteiger partial charge in [-0.15, -0.1) is 0 Å². The van der Waals surface area contributed by atoms with E-state index in [1.54, 1.807) is 12.1 Å². The first-order valence-corrected chi connectivity index (χ1v) is 8.16. The summed E-state index contributed by atoms with van der Waals surface area (Å²) < 4.78 is 30.3. The highest BCUT2D eigenvalue weighted by atomic mass is 19.1. The predicted molar refractivity (Wildman–Crippen MR) is 96.6 cm³/mol. The molecule has 0 atom stereocenters. The molecule has 3 aromatic rings. The molecule has 2 heterocycles. The van der Waals surface area contributed by atoms with Gasteiger partial charge >= 0.3 is 0 Å². The minimum atomic E-state index is -0.618. The number of H-pyrrole nitrogens is 1. The van der Waals surface area contributed by atoms with Gasteiger partial charge in [-0.2, -0.15) is 4.98 Å². The Kier molecular flexibility index (Phi) is 5.06. The van der Waals surface area contributed by atoms with Crippen LogP contribution < -0.4 is 19.6 Å². The van der Waals surface area contributed by atoms with Crippen molar-refractivity contribution in [1.29, 1.82) is 0 Å². The first-order chi connectivity index (χ1) is 12.6. The summed E-state index contributed by atoms with van der Waals surface area (Å²) in [4.78, 5) is 20.1. The molecule has 6 nitrogen and oxygen atoms in total. The van der Waals surface area contributed by atoms with Gasteiger partial charge < -0.3 is 19.2 Å². The molecular formula is C19H19FN2O4. The van der Waals surface area contributed by atoms with Crippen molar-refractivity contribution in [2.24, 2.45) is 0 Å². The number of methoxy groups -OCH3 is 2. The number of aromatic amines is 1. The summed E-state index contributed by atoms with van der Waals surface area (Å²) in [6, 6.07) is 6.00. The van der Waals surface area contributed by atoms with Gasteiger partial charge in [-0.25, -0.2) is 4.39 Å². The Morgan fingerprint density at radius 1 is 1.12 bits per heavy atom. The number of benzene rings is 1. The van der Waals surface area contributed by atoms with E-state index in [2.05, 4.69) is 9.97 Å². The molecule has 0 radical (unpaired) electrons. The lowest BCUT2D eigenvalue weighted by molar-refractivity contribution is 0.320.